The number of aliphatic hydroxyl groups is 3. The molecular formula is C16H26O5. The summed E-state index contributed by atoms with van der Waals surface area (Å²) in [6.45, 7) is 6.68. The van der Waals surface area contributed by atoms with Gasteiger partial charge in [-0.05, 0) is 18.8 Å². The number of hydrogen-bond donors (Lipinski definition) is 3. The molecule has 1 rings (SSSR count). The van der Waals surface area contributed by atoms with Crippen LogP contribution in [0.15, 0.2) is 11.3 Å². The second-order valence-corrected chi connectivity index (χ2v) is 6.37. The van der Waals surface area contributed by atoms with Gasteiger partial charge in [-0.25, -0.2) is 0 Å². The largest absolute Gasteiger partial charge is 0.508 e. The minimum Gasteiger partial charge on any atom is -0.508 e. The van der Waals surface area contributed by atoms with Crippen LogP contribution in [0.5, 0.6) is 0 Å². The molecule has 0 aromatic heterocycles. The molecule has 0 saturated heterocycles. The molecule has 1 aliphatic rings. The summed E-state index contributed by atoms with van der Waals surface area (Å²) in [5.74, 6) is -2.70. The van der Waals surface area contributed by atoms with Crippen molar-refractivity contribution in [2.45, 2.75) is 52.6 Å². The van der Waals surface area contributed by atoms with Gasteiger partial charge in [0, 0.05) is 5.92 Å². The lowest BCUT2D eigenvalue weighted by Gasteiger charge is -2.27. The fourth-order valence-electron chi connectivity index (χ4n) is 2.61. The molecule has 0 radical (unpaired) electrons. The zero-order valence-corrected chi connectivity index (χ0v) is 13.2. The molecular weight excluding hydrogens is 272 g/mol. The summed E-state index contributed by atoms with van der Waals surface area (Å²) in [5.41, 5.74) is -2.35. The first kappa shape index (κ1) is 17.9. The number of ketones is 2. The van der Waals surface area contributed by atoms with E-state index in [9.17, 15) is 24.9 Å². The van der Waals surface area contributed by atoms with Crippen LogP contribution in [0.1, 0.15) is 47.0 Å². The fourth-order valence-corrected chi connectivity index (χ4v) is 2.61. The van der Waals surface area contributed by atoms with E-state index in [0.29, 0.717) is 25.2 Å². The summed E-state index contributed by atoms with van der Waals surface area (Å²) in [6, 6.07) is 0. The third-order valence-corrected chi connectivity index (χ3v) is 4.37. The Balaban J connectivity index is 3.15. The number of Topliss-reactive ketones (excluding diaryl/α,β-unsaturated/α-hetero) is 2. The molecule has 21 heavy (non-hydrogen) atoms. The Bertz CT molecular complexity index is 452. The molecule has 0 amide bonds. The van der Waals surface area contributed by atoms with Gasteiger partial charge in [0.05, 0.1) is 12.5 Å². The van der Waals surface area contributed by atoms with Crippen molar-refractivity contribution < 1.29 is 24.9 Å². The molecule has 120 valence electrons. The maximum atomic E-state index is 12.5. The first-order valence-electron chi connectivity index (χ1n) is 7.56. The van der Waals surface area contributed by atoms with Gasteiger partial charge in [0.1, 0.15) is 11.3 Å². The highest BCUT2D eigenvalue weighted by Crippen LogP contribution is 2.40. The van der Waals surface area contributed by atoms with E-state index in [2.05, 4.69) is 0 Å². The number of aliphatic hydroxyl groups excluding tert-OH is 2. The van der Waals surface area contributed by atoms with Gasteiger partial charge in [-0.2, -0.15) is 0 Å². The lowest BCUT2D eigenvalue weighted by molar-refractivity contribution is -0.129. The molecule has 5 nitrogen and oxygen atoms in total. The molecule has 0 bridgehead atoms. The summed E-state index contributed by atoms with van der Waals surface area (Å²) >= 11 is 0. The normalized spacial score (nSPS) is 27.6. The van der Waals surface area contributed by atoms with Crippen LogP contribution in [0, 0.1) is 17.8 Å². The predicted molar refractivity (Wildman–Crippen MR) is 78.7 cm³/mol. The van der Waals surface area contributed by atoms with E-state index >= 15 is 0 Å². The third kappa shape index (κ3) is 3.19. The van der Waals surface area contributed by atoms with Gasteiger partial charge in [0.2, 0.25) is 0 Å². The third-order valence-electron chi connectivity index (χ3n) is 4.37. The number of hydrogen-bond acceptors (Lipinski definition) is 5. The summed E-state index contributed by atoms with van der Waals surface area (Å²) in [5, 5.41) is 30.0. The fraction of sp³-hybridized carbons (Fsp3) is 0.750. The van der Waals surface area contributed by atoms with Gasteiger partial charge in [-0.15, -0.1) is 0 Å². The van der Waals surface area contributed by atoms with Crippen molar-refractivity contribution in [2.24, 2.45) is 17.8 Å². The van der Waals surface area contributed by atoms with Crippen LogP contribution in [0.3, 0.4) is 0 Å². The Morgan fingerprint density at radius 1 is 1.33 bits per heavy atom. The van der Waals surface area contributed by atoms with Crippen molar-refractivity contribution in [1.82, 2.24) is 0 Å². The smallest absolute Gasteiger partial charge is 0.176 e. The van der Waals surface area contributed by atoms with Crippen molar-refractivity contribution in [3.8, 4) is 0 Å². The minimum atomic E-state index is -2.02. The zero-order valence-electron chi connectivity index (χ0n) is 13.2. The van der Waals surface area contributed by atoms with Crippen LogP contribution in [-0.4, -0.2) is 39.1 Å². The maximum absolute atomic E-state index is 12.5. The molecule has 3 N–H and O–H groups in total. The molecule has 0 heterocycles. The summed E-state index contributed by atoms with van der Waals surface area (Å²) < 4.78 is 0. The molecule has 0 aliphatic heterocycles. The Hall–Kier alpha value is -1.20. The lowest BCUT2D eigenvalue weighted by Crippen LogP contribution is -2.42. The minimum absolute atomic E-state index is 0.317. The summed E-state index contributed by atoms with van der Waals surface area (Å²) in [4.78, 5) is 24.7. The molecule has 1 aliphatic carbocycles. The van der Waals surface area contributed by atoms with Crippen molar-refractivity contribution in [3.05, 3.63) is 11.3 Å². The van der Waals surface area contributed by atoms with Gasteiger partial charge >= 0.3 is 0 Å². The Morgan fingerprint density at radius 3 is 2.33 bits per heavy atom. The van der Waals surface area contributed by atoms with Crippen molar-refractivity contribution in [3.63, 3.8) is 0 Å². The van der Waals surface area contributed by atoms with Gasteiger partial charge in [0.25, 0.3) is 0 Å². The van der Waals surface area contributed by atoms with E-state index in [1.54, 1.807) is 6.92 Å². The van der Waals surface area contributed by atoms with Crippen LogP contribution < -0.4 is 0 Å². The Kier molecular flexibility index (Phi) is 5.70. The van der Waals surface area contributed by atoms with Gasteiger partial charge in [0.15, 0.2) is 17.2 Å². The summed E-state index contributed by atoms with van der Waals surface area (Å²) in [7, 11) is 0. The molecule has 0 fully saturated rings. The van der Waals surface area contributed by atoms with Crippen LogP contribution in [0.2, 0.25) is 0 Å². The molecule has 1 unspecified atom stereocenters. The number of allylic oxidation sites excluding steroid dienone is 1. The van der Waals surface area contributed by atoms with Crippen molar-refractivity contribution in [2.75, 3.05) is 6.61 Å². The quantitative estimate of drug-likeness (QED) is 0.623. The Morgan fingerprint density at radius 2 is 1.90 bits per heavy atom. The maximum Gasteiger partial charge on any atom is 0.176 e. The predicted octanol–water partition coefficient (Wildman–Crippen LogP) is 1.77. The molecule has 0 aromatic rings. The molecule has 0 saturated carbocycles. The lowest BCUT2D eigenvalue weighted by atomic mass is 9.83. The average molecular weight is 298 g/mol. The highest BCUT2D eigenvalue weighted by Gasteiger charge is 2.54. The zero-order chi connectivity index (χ0) is 16.4. The SMILES string of the molecule is CCC(C)C(=O)C1=C(O)[C@](O)(CO)[C@@H](CCC(C)C)C1=O. The van der Waals surface area contributed by atoms with E-state index in [-0.39, 0.29) is 5.57 Å². The highest BCUT2D eigenvalue weighted by molar-refractivity contribution is 6.24. The average Bonchev–Trinajstić information content (AvgIpc) is 2.63. The van der Waals surface area contributed by atoms with Crippen LogP contribution in [-0.2, 0) is 9.59 Å². The monoisotopic (exact) mass is 298 g/mol. The second-order valence-electron chi connectivity index (χ2n) is 6.37. The molecule has 0 spiro atoms. The van der Waals surface area contributed by atoms with E-state index in [4.69, 9.17) is 0 Å². The Labute approximate surface area is 125 Å². The highest BCUT2D eigenvalue weighted by atomic mass is 16.4. The summed E-state index contributed by atoms with van der Waals surface area (Å²) in [6.07, 6.45) is 1.53. The van der Waals surface area contributed by atoms with Crippen LogP contribution in [0.4, 0.5) is 0 Å². The van der Waals surface area contributed by atoms with Gasteiger partial charge in [-0.1, -0.05) is 34.1 Å². The van der Waals surface area contributed by atoms with Crippen molar-refractivity contribution >= 4 is 11.6 Å². The van der Waals surface area contributed by atoms with Crippen molar-refractivity contribution in [1.29, 1.82) is 0 Å². The van der Waals surface area contributed by atoms with Crippen LogP contribution in [0.25, 0.3) is 0 Å². The first-order valence-corrected chi connectivity index (χ1v) is 7.56. The molecule has 5 heteroatoms. The number of carbonyl (C=O) groups is 2. The topological polar surface area (TPSA) is 94.8 Å². The second kappa shape index (κ2) is 6.71. The van der Waals surface area contributed by atoms with Crippen LogP contribution >= 0.6 is 0 Å². The van der Waals surface area contributed by atoms with E-state index < -0.39 is 41.4 Å². The standard InChI is InChI=1S/C16H26O5/c1-5-10(4)13(18)12-14(19)11(7-6-9(2)3)16(21,8-17)15(12)20/h9-11,17,20-21H,5-8H2,1-4H3/t10?,11-,16-/m0/s1. The van der Waals surface area contributed by atoms with Gasteiger partial charge in [-0.3, -0.25) is 9.59 Å². The molecule has 3 atom stereocenters. The van der Waals surface area contributed by atoms with E-state index in [0.717, 1.165) is 0 Å². The number of carbonyl (C=O) groups excluding carboxylic acids is 2. The first-order chi connectivity index (χ1) is 9.70. The number of rotatable bonds is 7. The van der Waals surface area contributed by atoms with E-state index in [1.807, 2.05) is 20.8 Å². The molecule has 0 aromatic carbocycles. The van der Waals surface area contributed by atoms with E-state index in [1.165, 1.54) is 0 Å². The van der Waals surface area contributed by atoms with Gasteiger partial charge < -0.3 is 15.3 Å².